The highest BCUT2D eigenvalue weighted by molar-refractivity contribution is 5.92. The Kier molecular flexibility index (Phi) is 7.54. The van der Waals surface area contributed by atoms with Crippen LogP contribution in [-0.4, -0.2) is 29.3 Å². The Morgan fingerprint density at radius 3 is 2.44 bits per heavy atom. The van der Waals surface area contributed by atoms with E-state index in [1.165, 1.54) is 6.07 Å². The number of halogens is 4. The predicted molar refractivity (Wildman–Crippen MR) is 114 cm³/mol. The van der Waals surface area contributed by atoms with Gasteiger partial charge in [-0.2, -0.15) is 0 Å². The fourth-order valence-corrected chi connectivity index (χ4v) is 3.24. The molecule has 0 aliphatic carbocycles. The summed E-state index contributed by atoms with van der Waals surface area (Å²) < 4.78 is 59.9. The van der Waals surface area contributed by atoms with Crippen molar-refractivity contribution in [2.45, 2.75) is 32.2 Å². The molecule has 11 heteroatoms. The largest absolute Gasteiger partial charge is 0.573 e. The number of aromatic nitrogens is 2. The van der Waals surface area contributed by atoms with Gasteiger partial charge < -0.3 is 19.8 Å². The second-order valence-corrected chi connectivity index (χ2v) is 7.27. The molecule has 2 N–H and O–H groups in total. The summed E-state index contributed by atoms with van der Waals surface area (Å²) >= 11 is 0. The number of alkyl halides is 3. The summed E-state index contributed by atoms with van der Waals surface area (Å²) in [7, 11) is 1.54. The Hall–Kier alpha value is -3.89. The number of H-pyrrole nitrogens is 1. The molecule has 1 atom stereocenters. The van der Waals surface area contributed by atoms with Crippen molar-refractivity contribution >= 4 is 5.91 Å². The first kappa shape index (κ1) is 24.7. The molecule has 7 nitrogen and oxygen atoms in total. The van der Waals surface area contributed by atoms with Crippen LogP contribution in [0.15, 0.2) is 53.3 Å². The van der Waals surface area contributed by atoms with Crippen LogP contribution in [0.2, 0.25) is 0 Å². The minimum atomic E-state index is -5.03. The summed E-state index contributed by atoms with van der Waals surface area (Å²) in [6.45, 7) is 1.70. The lowest BCUT2D eigenvalue weighted by atomic mass is 10.0. The van der Waals surface area contributed by atoms with Gasteiger partial charge in [-0.1, -0.05) is 25.1 Å². The predicted octanol–water partition coefficient (Wildman–Crippen LogP) is 4.29. The number of hydrogen-bond donors (Lipinski definition) is 2. The molecule has 0 saturated heterocycles. The molecule has 2 aromatic carbocycles. The van der Waals surface area contributed by atoms with E-state index in [1.807, 2.05) is 0 Å². The zero-order valence-corrected chi connectivity index (χ0v) is 18.2. The number of benzene rings is 2. The summed E-state index contributed by atoms with van der Waals surface area (Å²) in [6.07, 6.45) is -4.48. The summed E-state index contributed by atoms with van der Waals surface area (Å²) in [4.78, 5) is 31.6. The second-order valence-electron chi connectivity index (χ2n) is 7.27. The van der Waals surface area contributed by atoms with Crippen LogP contribution in [-0.2, 0) is 6.42 Å². The van der Waals surface area contributed by atoms with Crippen LogP contribution in [0.5, 0.6) is 11.5 Å². The number of methoxy groups -OCH3 is 1. The van der Waals surface area contributed by atoms with Gasteiger partial charge in [0.05, 0.1) is 13.2 Å². The number of amides is 1. The smallest absolute Gasteiger partial charge is 0.497 e. The monoisotopic (exact) mass is 479 g/mol. The fraction of sp³-hybridized carbons (Fsp3) is 0.261. The fourth-order valence-electron chi connectivity index (χ4n) is 3.24. The Labute approximate surface area is 191 Å². The first-order chi connectivity index (χ1) is 16.1. The van der Waals surface area contributed by atoms with E-state index in [1.54, 1.807) is 38.3 Å². The van der Waals surface area contributed by atoms with Crippen LogP contribution in [0, 0.1) is 5.82 Å². The van der Waals surface area contributed by atoms with Crippen LogP contribution in [0.3, 0.4) is 0 Å². The molecule has 1 heterocycles. The Balaban J connectivity index is 1.77. The van der Waals surface area contributed by atoms with Gasteiger partial charge in [-0.15, -0.1) is 13.2 Å². The molecule has 0 aliphatic rings. The number of rotatable bonds is 8. The summed E-state index contributed by atoms with van der Waals surface area (Å²) in [6, 6.07) is 10.3. The maximum atomic E-state index is 14.1. The van der Waals surface area contributed by atoms with Crippen molar-refractivity contribution < 1.29 is 31.8 Å². The molecule has 180 valence electrons. The first-order valence-corrected chi connectivity index (χ1v) is 10.2. The van der Waals surface area contributed by atoms with Crippen LogP contribution < -0.4 is 20.3 Å². The second kappa shape index (κ2) is 10.4. The third-order valence-corrected chi connectivity index (χ3v) is 4.85. The summed E-state index contributed by atoms with van der Waals surface area (Å²) in [5, 5.41) is 2.63. The lowest BCUT2D eigenvalue weighted by molar-refractivity contribution is -0.275. The molecule has 0 unspecified atom stereocenters. The van der Waals surface area contributed by atoms with E-state index in [4.69, 9.17) is 4.74 Å². The molecule has 3 aromatic rings. The molecular formula is C23H21F4N3O4. The van der Waals surface area contributed by atoms with Gasteiger partial charge in [0.1, 0.15) is 17.3 Å². The Morgan fingerprint density at radius 2 is 1.85 bits per heavy atom. The van der Waals surface area contributed by atoms with Crippen molar-refractivity contribution in [3.63, 3.8) is 0 Å². The molecule has 0 radical (unpaired) electrons. The average Bonchev–Trinajstić information content (AvgIpc) is 2.78. The molecule has 0 fully saturated rings. The zero-order valence-electron chi connectivity index (χ0n) is 18.2. The van der Waals surface area contributed by atoms with Crippen molar-refractivity contribution in [2.24, 2.45) is 0 Å². The Bertz CT molecular complexity index is 1210. The first-order valence-electron chi connectivity index (χ1n) is 10.2. The van der Waals surface area contributed by atoms with Gasteiger partial charge in [-0.3, -0.25) is 9.59 Å². The number of carbonyl (C=O) groups excluding carboxylic acids is 1. The minimum Gasteiger partial charge on any atom is -0.497 e. The highest BCUT2D eigenvalue weighted by Gasteiger charge is 2.32. The molecule has 34 heavy (non-hydrogen) atoms. The number of carbonyl (C=O) groups is 1. The number of hydrogen-bond acceptors (Lipinski definition) is 5. The summed E-state index contributed by atoms with van der Waals surface area (Å²) in [5.41, 5.74) is 0.371. The van der Waals surface area contributed by atoms with Gasteiger partial charge in [0.2, 0.25) is 0 Å². The number of nitrogens with zero attached hydrogens (tertiary/aromatic N) is 1. The van der Waals surface area contributed by atoms with Crippen molar-refractivity contribution in [3.05, 3.63) is 87.3 Å². The van der Waals surface area contributed by atoms with Crippen LogP contribution in [0.1, 0.15) is 46.8 Å². The molecular weight excluding hydrogens is 458 g/mol. The maximum absolute atomic E-state index is 14.1. The van der Waals surface area contributed by atoms with E-state index in [0.717, 1.165) is 23.8 Å². The maximum Gasteiger partial charge on any atom is 0.573 e. The molecule has 1 amide bonds. The highest BCUT2D eigenvalue weighted by Crippen LogP contribution is 2.28. The summed E-state index contributed by atoms with van der Waals surface area (Å²) in [5.74, 6) is -1.96. The number of ether oxygens (including phenoxy) is 2. The van der Waals surface area contributed by atoms with Gasteiger partial charge in [-0.25, -0.2) is 9.37 Å². The van der Waals surface area contributed by atoms with Crippen LogP contribution in [0.25, 0.3) is 0 Å². The zero-order chi connectivity index (χ0) is 24.9. The van der Waals surface area contributed by atoms with Crippen molar-refractivity contribution in [2.75, 3.05) is 7.11 Å². The molecule has 0 bridgehead atoms. The number of aromatic amines is 1. The minimum absolute atomic E-state index is 0.150. The Morgan fingerprint density at radius 1 is 1.15 bits per heavy atom. The van der Waals surface area contributed by atoms with Crippen molar-refractivity contribution in [1.82, 2.24) is 15.3 Å². The van der Waals surface area contributed by atoms with E-state index in [0.29, 0.717) is 12.2 Å². The topological polar surface area (TPSA) is 93.3 Å². The quantitative estimate of drug-likeness (QED) is 0.471. The molecule has 0 spiro atoms. The standard InChI is InChI=1S/C23H21F4N3O4/c1-3-17(14-6-9-19(16(24)11-14)34-23(25,26)27)29-22(32)18-12-21(31)30-20(28-18)10-13-4-7-15(33-2)8-5-13/h4-9,11-12,17H,3,10H2,1-2H3,(H,29,32)(H,28,30,31)/t17-/m1/s1. The van der Waals surface area contributed by atoms with E-state index in [9.17, 15) is 27.2 Å². The van der Waals surface area contributed by atoms with Crippen LogP contribution in [0.4, 0.5) is 17.6 Å². The SMILES string of the molecule is CC[C@@H](NC(=O)c1cc(=O)[nH]c(Cc2ccc(OC)cc2)n1)c1ccc(OC(F)(F)F)c(F)c1. The molecule has 3 rings (SSSR count). The van der Waals surface area contributed by atoms with E-state index < -0.39 is 35.4 Å². The van der Waals surface area contributed by atoms with Gasteiger partial charge in [0.15, 0.2) is 11.6 Å². The van der Waals surface area contributed by atoms with Crippen LogP contribution >= 0.6 is 0 Å². The number of nitrogens with one attached hydrogen (secondary N) is 2. The average molecular weight is 479 g/mol. The van der Waals surface area contributed by atoms with Gasteiger partial charge >= 0.3 is 6.36 Å². The lowest BCUT2D eigenvalue weighted by Crippen LogP contribution is -2.30. The highest BCUT2D eigenvalue weighted by atomic mass is 19.4. The van der Waals surface area contributed by atoms with Gasteiger partial charge in [0, 0.05) is 12.5 Å². The van der Waals surface area contributed by atoms with Crippen molar-refractivity contribution in [3.8, 4) is 11.5 Å². The van der Waals surface area contributed by atoms with Crippen molar-refractivity contribution in [1.29, 1.82) is 0 Å². The van der Waals surface area contributed by atoms with E-state index in [-0.39, 0.29) is 23.5 Å². The normalized spacial score (nSPS) is 12.2. The van der Waals surface area contributed by atoms with E-state index >= 15 is 0 Å². The molecule has 0 saturated carbocycles. The third kappa shape index (κ3) is 6.56. The van der Waals surface area contributed by atoms with Gasteiger partial charge in [0.25, 0.3) is 11.5 Å². The lowest BCUT2D eigenvalue weighted by Gasteiger charge is -2.18. The van der Waals surface area contributed by atoms with Gasteiger partial charge in [-0.05, 0) is 41.8 Å². The third-order valence-electron chi connectivity index (χ3n) is 4.85. The molecule has 1 aromatic heterocycles. The molecule has 0 aliphatic heterocycles. The van der Waals surface area contributed by atoms with E-state index in [2.05, 4.69) is 20.0 Å².